The van der Waals surface area contributed by atoms with Crippen LogP contribution in [0.3, 0.4) is 0 Å². The third-order valence-corrected chi connectivity index (χ3v) is 4.79. The molecule has 0 saturated heterocycles. The van der Waals surface area contributed by atoms with Gasteiger partial charge in [-0.3, -0.25) is 9.59 Å². The Bertz CT molecular complexity index is 754. The molecular weight excluding hydrogens is 338 g/mol. The summed E-state index contributed by atoms with van der Waals surface area (Å²) in [6, 6.07) is 19.1. The number of ether oxygens (including phenoxy) is 1. The van der Waals surface area contributed by atoms with E-state index in [4.69, 9.17) is 4.74 Å². The van der Waals surface area contributed by atoms with Crippen LogP contribution in [0.1, 0.15) is 44.9 Å². The van der Waals surface area contributed by atoms with Crippen LogP contribution in [0.5, 0.6) is 0 Å². The molecule has 4 nitrogen and oxygen atoms in total. The molecule has 0 aromatic heterocycles. The van der Waals surface area contributed by atoms with E-state index in [1.807, 2.05) is 93.3 Å². The van der Waals surface area contributed by atoms with Crippen molar-refractivity contribution in [3.63, 3.8) is 0 Å². The summed E-state index contributed by atoms with van der Waals surface area (Å²) in [6.45, 7) is 7.86. The average molecular weight is 367 g/mol. The summed E-state index contributed by atoms with van der Waals surface area (Å²) in [5, 5.41) is 0. The highest BCUT2D eigenvalue weighted by molar-refractivity contribution is 5.82. The van der Waals surface area contributed by atoms with Crippen molar-refractivity contribution in [2.75, 3.05) is 7.11 Å². The van der Waals surface area contributed by atoms with Gasteiger partial charge in [-0.15, -0.1) is 0 Å². The molecule has 0 aliphatic heterocycles. The number of hydrogen-bond donors (Lipinski definition) is 0. The summed E-state index contributed by atoms with van der Waals surface area (Å²) in [5.74, 6) is -0.524. The molecule has 1 amide bonds. The summed E-state index contributed by atoms with van der Waals surface area (Å²) in [7, 11) is 1.39. The lowest BCUT2D eigenvalue weighted by Crippen LogP contribution is -2.46. The molecule has 0 N–H and O–H groups in total. The van der Waals surface area contributed by atoms with Gasteiger partial charge in [0.15, 0.2) is 0 Å². The van der Waals surface area contributed by atoms with Crippen molar-refractivity contribution in [2.45, 2.75) is 40.3 Å². The van der Waals surface area contributed by atoms with Gasteiger partial charge in [0, 0.05) is 12.5 Å². The number of nitrogens with zero attached hydrogens (tertiary/aromatic N) is 1. The Labute approximate surface area is 162 Å². The number of esters is 1. The van der Waals surface area contributed by atoms with E-state index in [2.05, 4.69) is 0 Å². The van der Waals surface area contributed by atoms with Gasteiger partial charge in [0.25, 0.3) is 0 Å². The fraction of sp³-hybridized carbons (Fsp3) is 0.391. The predicted molar refractivity (Wildman–Crippen MR) is 107 cm³/mol. The molecule has 4 heteroatoms. The number of carbonyl (C=O) groups is 2. The molecule has 0 fully saturated rings. The Morgan fingerprint density at radius 3 is 1.96 bits per heavy atom. The Hall–Kier alpha value is -2.62. The second kappa shape index (κ2) is 8.85. The van der Waals surface area contributed by atoms with Crippen molar-refractivity contribution in [1.29, 1.82) is 0 Å². The third kappa shape index (κ3) is 4.76. The van der Waals surface area contributed by atoms with E-state index in [9.17, 15) is 9.59 Å². The molecule has 2 rings (SSSR count). The first-order chi connectivity index (χ1) is 12.8. The molecule has 144 valence electrons. The van der Waals surface area contributed by atoms with Gasteiger partial charge in [-0.2, -0.15) is 0 Å². The van der Waals surface area contributed by atoms with E-state index < -0.39 is 11.5 Å². The van der Waals surface area contributed by atoms with Gasteiger partial charge in [0.05, 0.1) is 18.6 Å². The molecule has 0 spiro atoms. The Kier molecular flexibility index (Phi) is 6.78. The number of methoxy groups -OCH3 is 1. The SMILES string of the molecule is COC(=O)C(C)(C)C(c1ccccc1)N(Cc1ccccc1)C(=O)C(C)C. The van der Waals surface area contributed by atoms with Gasteiger partial charge < -0.3 is 9.64 Å². The molecule has 2 aromatic carbocycles. The molecule has 0 aliphatic carbocycles. The van der Waals surface area contributed by atoms with E-state index >= 15 is 0 Å². The Balaban J connectivity index is 2.58. The molecule has 1 atom stereocenters. The third-order valence-electron chi connectivity index (χ3n) is 4.79. The zero-order chi connectivity index (χ0) is 20.0. The standard InChI is InChI=1S/C23H29NO3/c1-17(2)21(25)24(16-18-12-8-6-9-13-18)20(19-14-10-7-11-15-19)23(3,4)22(26)27-5/h6-15,17,20H,16H2,1-5H3. The monoisotopic (exact) mass is 367 g/mol. The van der Waals surface area contributed by atoms with E-state index in [0.29, 0.717) is 6.54 Å². The highest BCUT2D eigenvalue weighted by atomic mass is 16.5. The van der Waals surface area contributed by atoms with Crippen LogP contribution in [0.4, 0.5) is 0 Å². The van der Waals surface area contributed by atoms with Crippen LogP contribution >= 0.6 is 0 Å². The molecule has 0 saturated carbocycles. The molecular formula is C23H29NO3. The van der Waals surface area contributed by atoms with Crippen molar-refractivity contribution >= 4 is 11.9 Å². The number of hydrogen-bond acceptors (Lipinski definition) is 3. The normalized spacial score (nSPS) is 12.5. The molecule has 2 aromatic rings. The highest BCUT2D eigenvalue weighted by Gasteiger charge is 2.44. The van der Waals surface area contributed by atoms with Gasteiger partial charge in [0.2, 0.25) is 5.91 Å². The average Bonchev–Trinajstić information content (AvgIpc) is 2.67. The molecule has 1 unspecified atom stereocenters. The largest absolute Gasteiger partial charge is 0.469 e. The summed E-state index contributed by atoms with van der Waals surface area (Å²) in [6.07, 6.45) is 0. The molecule has 0 aliphatic rings. The number of amides is 1. The van der Waals surface area contributed by atoms with Crippen molar-refractivity contribution in [3.8, 4) is 0 Å². The number of carbonyl (C=O) groups excluding carboxylic acids is 2. The van der Waals surface area contributed by atoms with Crippen molar-refractivity contribution in [1.82, 2.24) is 4.90 Å². The predicted octanol–water partition coefficient (Wildman–Crippen LogP) is 4.61. The van der Waals surface area contributed by atoms with Gasteiger partial charge in [-0.05, 0) is 25.0 Å². The number of rotatable bonds is 7. The van der Waals surface area contributed by atoms with Crippen LogP contribution in [0.2, 0.25) is 0 Å². The maximum Gasteiger partial charge on any atom is 0.313 e. The Morgan fingerprint density at radius 1 is 0.963 bits per heavy atom. The first-order valence-electron chi connectivity index (χ1n) is 9.26. The number of benzene rings is 2. The minimum atomic E-state index is -0.907. The minimum absolute atomic E-state index is 0.00434. The van der Waals surface area contributed by atoms with Crippen LogP contribution in [0.25, 0.3) is 0 Å². The first-order valence-corrected chi connectivity index (χ1v) is 9.26. The van der Waals surface area contributed by atoms with Crippen molar-refractivity contribution in [2.24, 2.45) is 11.3 Å². The molecule has 27 heavy (non-hydrogen) atoms. The van der Waals surface area contributed by atoms with Gasteiger partial charge >= 0.3 is 5.97 Å². The van der Waals surface area contributed by atoms with E-state index in [0.717, 1.165) is 11.1 Å². The van der Waals surface area contributed by atoms with Crippen LogP contribution < -0.4 is 0 Å². The van der Waals surface area contributed by atoms with Crippen LogP contribution in [0, 0.1) is 11.3 Å². The fourth-order valence-corrected chi connectivity index (χ4v) is 3.40. The van der Waals surface area contributed by atoms with E-state index in [-0.39, 0.29) is 17.8 Å². The molecule has 0 bridgehead atoms. The van der Waals surface area contributed by atoms with Gasteiger partial charge in [0.1, 0.15) is 0 Å². The quantitative estimate of drug-likeness (QED) is 0.671. The molecule has 0 heterocycles. The zero-order valence-electron chi connectivity index (χ0n) is 16.8. The van der Waals surface area contributed by atoms with Crippen LogP contribution in [-0.2, 0) is 20.9 Å². The summed E-state index contributed by atoms with van der Waals surface area (Å²) in [4.78, 5) is 27.6. The van der Waals surface area contributed by atoms with Crippen LogP contribution in [-0.4, -0.2) is 23.9 Å². The second-order valence-corrected chi connectivity index (χ2v) is 7.63. The zero-order valence-corrected chi connectivity index (χ0v) is 16.8. The van der Waals surface area contributed by atoms with E-state index in [1.54, 1.807) is 0 Å². The second-order valence-electron chi connectivity index (χ2n) is 7.63. The lowest BCUT2D eigenvalue weighted by atomic mass is 9.78. The summed E-state index contributed by atoms with van der Waals surface area (Å²) >= 11 is 0. The van der Waals surface area contributed by atoms with Gasteiger partial charge in [-0.25, -0.2) is 0 Å². The van der Waals surface area contributed by atoms with Crippen molar-refractivity contribution in [3.05, 3.63) is 71.8 Å². The fourth-order valence-electron chi connectivity index (χ4n) is 3.40. The maximum absolute atomic E-state index is 13.2. The lowest BCUT2D eigenvalue weighted by Gasteiger charge is -2.41. The first kappa shape index (κ1) is 20.7. The molecule has 0 radical (unpaired) electrons. The highest BCUT2D eigenvalue weighted by Crippen LogP contribution is 2.41. The topological polar surface area (TPSA) is 46.6 Å². The summed E-state index contributed by atoms with van der Waals surface area (Å²) in [5.41, 5.74) is 1.03. The van der Waals surface area contributed by atoms with E-state index in [1.165, 1.54) is 7.11 Å². The van der Waals surface area contributed by atoms with Gasteiger partial charge in [-0.1, -0.05) is 74.5 Å². The summed E-state index contributed by atoms with van der Waals surface area (Å²) < 4.78 is 5.08. The smallest absolute Gasteiger partial charge is 0.313 e. The maximum atomic E-state index is 13.2. The Morgan fingerprint density at radius 2 is 1.48 bits per heavy atom. The van der Waals surface area contributed by atoms with Crippen molar-refractivity contribution < 1.29 is 14.3 Å². The minimum Gasteiger partial charge on any atom is -0.469 e. The lowest BCUT2D eigenvalue weighted by molar-refractivity contribution is -0.158. The van der Waals surface area contributed by atoms with Crippen LogP contribution in [0.15, 0.2) is 60.7 Å².